The van der Waals surface area contributed by atoms with Crippen molar-refractivity contribution in [2.75, 3.05) is 13.1 Å². The van der Waals surface area contributed by atoms with Crippen molar-refractivity contribution in [2.45, 2.75) is 45.0 Å². The van der Waals surface area contributed by atoms with Gasteiger partial charge in [-0.15, -0.1) is 0 Å². The van der Waals surface area contributed by atoms with Gasteiger partial charge in [0.15, 0.2) is 0 Å². The fourth-order valence-electron chi connectivity index (χ4n) is 1.86. The highest BCUT2D eigenvalue weighted by atomic mass is 19.4. The highest BCUT2D eigenvalue weighted by Crippen LogP contribution is 2.29. The molecule has 0 aromatic carbocycles. The van der Waals surface area contributed by atoms with E-state index in [1.54, 1.807) is 20.8 Å². The predicted molar refractivity (Wildman–Crippen MR) is 60.2 cm³/mol. The van der Waals surface area contributed by atoms with Crippen LogP contribution in [-0.4, -0.2) is 37.0 Å². The van der Waals surface area contributed by atoms with Crippen molar-refractivity contribution in [3.8, 4) is 0 Å². The Bertz CT molecular complexity index is 294. The van der Waals surface area contributed by atoms with Gasteiger partial charge in [-0.25, -0.2) is 4.79 Å². The Balaban J connectivity index is 2.64. The molecule has 1 heterocycles. The van der Waals surface area contributed by atoms with Gasteiger partial charge in [0.2, 0.25) is 0 Å². The Kier molecular flexibility index (Phi) is 4.47. The monoisotopic (exact) mass is 268 g/mol. The number of carbonyl (C=O) groups excluding carboxylic acids is 1. The molecule has 0 aliphatic carbocycles. The summed E-state index contributed by atoms with van der Waals surface area (Å²) in [4.78, 5) is 11.4. The number of ether oxygens (including phenoxy) is 1. The van der Waals surface area contributed by atoms with E-state index in [4.69, 9.17) is 4.74 Å². The minimum atomic E-state index is -4.46. The van der Waals surface area contributed by atoms with E-state index in [-0.39, 0.29) is 6.54 Å². The van der Waals surface area contributed by atoms with Crippen molar-refractivity contribution in [3.63, 3.8) is 0 Å². The van der Waals surface area contributed by atoms with Crippen LogP contribution in [0.3, 0.4) is 0 Å². The third-order valence-electron chi connectivity index (χ3n) is 2.59. The zero-order chi connectivity index (χ0) is 14.0. The molecule has 1 aliphatic heterocycles. The number of rotatable bonds is 2. The number of halogens is 3. The van der Waals surface area contributed by atoms with Crippen molar-refractivity contribution in [1.82, 2.24) is 10.6 Å². The maximum Gasteiger partial charge on any atom is 0.409 e. The second-order valence-corrected chi connectivity index (χ2v) is 5.42. The van der Waals surface area contributed by atoms with Crippen LogP contribution in [0.25, 0.3) is 0 Å². The number of carbonyl (C=O) groups is 1. The third-order valence-corrected chi connectivity index (χ3v) is 2.59. The topological polar surface area (TPSA) is 50.4 Å². The molecule has 18 heavy (non-hydrogen) atoms. The summed E-state index contributed by atoms with van der Waals surface area (Å²) in [6.07, 6.45) is -5.11. The van der Waals surface area contributed by atoms with E-state index in [0.29, 0.717) is 13.0 Å². The molecule has 0 aromatic heterocycles. The number of alkyl halides is 3. The van der Waals surface area contributed by atoms with Crippen molar-refractivity contribution in [3.05, 3.63) is 0 Å². The zero-order valence-electron chi connectivity index (χ0n) is 10.7. The molecule has 0 radical (unpaired) electrons. The van der Waals surface area contributed by atoms with Crippen LogP contribution < -0.4 is 10.6 Å². The molecular weight excluding hydrogens is 249 g/mol. The molecule has 1 saturated heterocycles. The molecule has 0 bridgehead atoms. The minimum Gasteiger partial charge on any atom is -0.444 e. The van der Waals surface area contributed by atoms with Crippen LogP contribution in [0.15, 0.2) is 0 Å². The van der Waals surface area contributed by atoms with E-state index in [9.17, 15) is 18.0 Å². The summed E-state index contributed by atoms with van der Waals surface area (Å²) >= 11 is 0. The second-order valence-electron chi connectivity index (χ2n) is 5.42. The van der Waals surface area contributed by atoms with E-state index in [1.807, 2.05) is 5.32 Å². The largest absolute Gasteiger partial charge is 0.444 e. The maximum atomic E-state index is 12.9. The molecule has 0 saturated carbocycles. The van der Waals surface area contributed by atoms with Gasteiger partial charge < -0.3 is 15.4 Å². The maximum absolute atomic E-state index is 12.9. The fraction of sp³-hybridized carbons (Fsp3) is 0.909. The van der Waals surface area contributed by atoms with Gasteiger partial charge in [0.1, 0.15) is 11.6 Å². The smallest absolute Gasteiger partial charge is 0.409 e. The summed E-state index contributed by atoms with van der Waals surface area (Å²) in [6.45, 7) is 5.60. The molecule has 0 spiro atoms. The molecule has 1 aliphatic rings. The highest BCUT2D eigenvalue weighted by Gasteiger charge is 2.46. The average Bonchev–Trinajstić information content (AvgIpc) is 2.61. The summed E-state index contributed by atoms with van der Waals surface area (Å²) in [7, 11) is 0. The minimum absolute atomic E-state index is 0.250. The number of hydrogen-bond acceptors (Lipinski definition) is 3. The first-order valence-corrected chi connectivity index (χ1v) is 5.86. The van der Waals surface area contributed by atoms with Crippen LogP contribution in [-0.2, 0) is 4.74 Å². The lowest BCUT2D eigenvalue weighted by atomic mass is 9.98. The van der Waals surface area contributed by atoms with Gasteiger partial charge in [-0.3, -0.25) is 0 Å². The van der Waals surface area contributed by atoms with Crippen LogP contribution in [0.2, 0.25) is 0 Å². The van der Waals surface area contributed by atoms with Crippen LogP contribution in [0.4, 0.5) is 18.0 Å². The van der Waals surface area contributed by atoms with Crippen molar-refractivity contribution in [2.24, 2.45) is 5.92 Å². The van der Waals surface area contributed by atoms with Gasteiger partial charge >= 0.3 is 12.3 Å². The lowest BCUT2D eigenvalue weighted by molar-refractivity contribution is -0.165. The van der Waals surface area contributed by atoms with E-state index in [2.05, 4.69) is 5.32 Å². The standard InChI is InChI=1S/C11H19F3N2O2/c1-10(2,3)18-9(17)16-8(11(12,13)14)7-4-5-15-6-7/h7-8,15H,4-6H2,1-3H3,(H,16,17)/t7-,8+/m0/s1. The van der Waals surface area contributed by atoms with E-state index < -0.39 is 29.8 Å². The molecule has 1 fully saturated rings. The first kappa shape index (κ1) is 15.1. The van der Waals surface area contributed by atoms with Gasteiger partial charge in [0, 0.05) is 12.5 Å². The first-order valence-electron chi connectivity index (χ1n) is 5.86. The van der Waals surface area contributed by atoms with Gasteiger partial charge in [0.05, 0.1) is 0 Å². The molecule has 0 aromatic rings. The van der Waals surface area contributed by atoms with Crippen molar-refractivity contribution >= 4 is 6.09 Å². The molecule has 4 nitrogen and oxygen atoms in total. The van der Waals surface area contributed by atoms with E-state index in [0.717, 1.165) is 0 Å². The summed E-state index contributed by atoms with van der Waals surface area (Å²) < 4.78 is 43.5. The van der Waals surface area contributed by atoms with Crippen LogP contribution in [0, 0.1) is 5.92 Å². The Labute approximate surface area is 104 Å². The molecular formula is C11H19F3N2O2. The fourth-order valence-corrected chi connectivity index (χ4v) is 1.86. The zero-order valence-corrected chi connectivity index (χ0v) is 10.7. The summed E-state index contributed by atoms with van der Waals surface area (Å²) in [6, 6.07) is -1.86. The normalized spacial score (nSPS) is 22.7. The quantitative estimate of drug-likeness (QED) is 0.806. The van der Waals surface area contributed by atoms with Crippen LogP contribution in [0.5, 0.6) is 0 Å². The second kappa shape index (κ2) is 5.34. The Morgan fingerprint density at radius 1 is 1.39 bits per heavy atom. The van der Waals surface area contributed by atoms with Crippen molar-refractivity contribution < 1.29 is 22.7 Å². The van der Waals surface area contributed by atoms with Gasteiger partial charge in [-0.05, 0) is 33.7 Å². The number of amides is 1. The number of alkyl carbamates (subject to hydrolysis) is 1. The average molecular weight is 268 g/mol. The lowest BCUT2D eigenvalue weighted by Crippen LogP contribution is -2.51. The molecule has 1 rings (SSSR count). The van der Waals surface area contributed by atoms with Crippen molar-refractivity contribution in [1.29, 1.82) is 0 Å². The van der Waals surface area contributed by atoms with Gasteiger partial charge in [0.25, 0.3) is 0 Å². The van der Waals surface area contributed by atoms with Crippen LogP contribution >= 0.6 is 0 Å². The molecule has 1 amide bonds. The Morgan fingerprint density at radius 2 is 2.00 bits per heavy atom. The third kappa shape index (κ3) is 4.72. The molecule has 2 atom stereocenters. The summed E-state index contributed by atoms with van der Waals surface area (Å²) in [5.41, 5.74) is -0.811. The SMILES string of the molecule is CC(C)(C)OC(=O)N[C@H]([C@H]1CCNC1)C(F)(F)F. The van der Waals surface area contributed by atoms with Crippen LogP contribution in [0.1, 0.15) is 27.2 Å². The first-order chi connectivity index (χ1) is 8.09. The predicted octanol–water partition coefficient (Wildman–Crippen LogP) is 2.05. The number of nitrogens with one attached hydrogen (secondary N) is 2. The van der Waals surface area contributed by atoms with Gasteiger partial charge in [-0.1, -0.05) is 0 Å². The number of hydrogen-bond donors (Lipinski definition) is 2. The summed E-state index contributed by atoms with van der Waals surface area (Å²) in [5.74, 6) is -0.641. The Hall–Kier alpha value is -0.980. The van der Waals surface area contributed by atoms with E-state index in [1.165, 1.54) is 0 Å². The van der Waals surface area contributed by atoms with Gasteiger partial charge in [-0.2, -0.15) is 13.2 Å². The van der Waals surface area contributed by atoms with E-state index >= 15 is 0 Å². The molecule has 7 heteroatoms. The molecule has 2 N–H and O–H groups in total. The Morgan fingerprint density at radius 3 is 2.39 bits per heavy atom. The summed E-state index contributed by atoms with van der Waals surface area (Å²) in [5, 5.41) is 4.78. The lowest BCUT2D eigenvalue weighted by Gasteiger charge is -2.28. The molecule has 0 unspecified atom stereocenters. The molecule has 106 valence electrons. The highest BCUT2D eigenvalue weighted by molar-refractivity contribution is 5.68.